The number of ether oxygens (including phenoxy) is 5. The van der Waals surface area contributed by atoms with Crippen LogP contribution in [0.3, 0.4) is 0 Å². The second-order valence-corrected chi connectivity index (χ2v) is 5.40. The van der Waals surface area contributed by atoms with Crippen molar-refractivity contribution in [2.45, 2.75) is 18.2 Å². The van der Waals surface area contributed by atoms with Crippen LogP contribution in [0, 0.1) is 0 Å². The van der Waals surface area contributed by atoms with Crippen molar-refractivity contribution in [3.05, 3.63) is 29.8 Å². The molecule has 0 bridgehead atoms. The molecule has 2 unspecified atom stereocenters. The molecule has 1 N–H and O–H groups in total. The quantitative estimate of drug-likeness (QED) is 0.410. The van der Waals surface area contributed by atoms with Crippen LogP contribution in [0.1, 0.15) is 11.5 Å². The van der Waals surface area contributed by atoms with Crippen LogP contribution in [0.2, 0.25) is 0 Å². The highest BCUT2D eigenvalue weighted by molar-refractivity contribution is 6.65. The van der Waals surface area contributed by atoms with Crippen LogP contribution >= 0.6 is 11.6 Å². The van der Waals surface area contributed by atoms with Gasteiger partial charge in [-0.25, -0.2) is 0 Å². The molecule has 10 heteroatoms. The lowest BCUT2D eigenvalue weighted by Gasteiger charge is -2.29. The van der Waals surface area contributed by atoms with Crippen molar-refractivity contribution in [2.24, 2.45) is 9.98 Å². The summed E-state index contributed by atoms with van der Waals surface area (Å²) in [6.07, 6.45) is 0.404. The number of rotatable bonds is 8. The Morgan fingerprint density at radius 1 is 1.19 bits per heavy atom. The maximum atomic E-state index is 12.4. The van der Waals surface area contributed by atoms with E-state index in [2.05, 4.69) is 15.3 Å². The fraction of sp³-hybridized carbons (Fsp3) is 0.438. The molecule has 26 heavy (non-hydrogen) atoms. The molecule has 2 atom stereocenters. The average Bonchev–Trinajstić information content (AvgIpc) is 2.66. The number of aliphatic imine (C=N–C) groups is 2. The van der Waals surface area contributed by atoms with Gasteiger partial charge in [0.1, 0.15) is 11.7 Å². The van der Waals surface area contributed by atoms with Gasteiger partial charge in [-0.2, -0.15) is 9.98 Å². The van der Waals surface area contributed by atoms with E-state index in [0.717, 1.165) is 0 Å². The average molecular weight is 386 g/mol. The zero-order valence-corrected chi connectivity index (χ0v) is 15.5. The monoisotopic (exact) mass is 385 g/mol. The second kappa shape index (κ2) is 8.95. The minimum atomic E-state index is -1.73. The minimum absolute atomic E-state index is 0.0375. The first-order chi connectivity index (χ1) is 12.5. The van der Waals surface area contributed by atoms with E-state index in [1.807, 2.05) is 0 Å². The van der Waals surface area contributed by atoms with Gasteiger partial charge in [-0.3, -0.25) is 4.79 Å². The van der Waals surface area contributed by atoms with Crippen molar-refractivity contribution in [1.29, 1.82) is 0 Å². The molecular weight excluding hydrogens is 366 g/mol. The van der Waals surface area contributed by atoms with Gasteiger partial charge in [-0.1, -0.05) is 18.2 Å². The summed E-state index contributed by atoms with van der Waals surface area (Å²) in [5, 5.41) is 2.65. The van der Waals surface area contributed by atoms with Crippen LogP contribution in [0.25, 0.3) is 0 Å². The largest absolute Gasteiger partial charge is 0.468 e. The fourth-order valence-electron chi connectivity index (χ4n) is 2.40. The Hall–Kier alpha value is -2.20. The first kappa shape index (κ1) is 20.1. The summed E-state index contributed by atoms with van der Waals surface area (Å²) in [5.74, 6) is -1.20. The second-order valence-electron chi connectivity index (χ2n) is 5.04. The Morgan fingerprint density at radius 3 is 2.46 bits per heavy atom. The Morgan fingerprint density at radius 2 is 1.88 bits per heavy atom. The number of hydrogen-bond acceptors (Lipinski definition) is 9. The highest BCUT2D eigenvalue weighted by Crippen LogP contribution is 2.34. The standard InChI is InChI=1S/C16H20ClN3O6/c1-22-13(21)12(14(23-2)24-3)10-7-5-6-8-11(10)26-16(25-4)19-9-18-15(17)20-16/h5-9,12,14H,1-4H3,(H,18,19,20). The van der Waals surface area contributed by atoms with E-state index < -0.39 is 24.2 Å². The van der Waals surface area contributed by atoms with Crippen LogP contribution < -0.4 is 10.1 Å². The summed E-state index contributed by atoms with van der Waals surface area (Å²) >= 11 is 5.89. The molecule has 1 heterocycles. The summed E-state index contributed by atoms with van der Waals surface area (Å²) in [7, 11) is 5.49. The number of amidine groups is 1. The SMILES string of the molecule is COC(=O)C(c1ccccc1OC1(OC)N=CNC(Cl)=N1)C(OC)OC. The summed E-state index contributed by atoms with van der Waals surface area (Å²) in [6.45, 7) is 0. The molecule has 1 aromatic rings. The molecule has 9 nitrogen and oxygen atoms in total. The summed E-state index contributed by atoms with van der Waals surface area (Å²) < 4.78 is 26.5. The van der Waals surface area contributed by atoms with E-state index in [1.54, 1.807) is 24.3 Å². The van der Waals surface area contributed by atoms with Crippen LogP contribution in [-0.2, 0) is 23.7 Å². The van der Waals surface area contributed by atoms with Gasteiger partial charge in [0.05, 0.1) is 13.4 Å². The van der Waals surface area contributed by atoms with Crippen molar-refractivity contribution in [1.82, 2.24) is 5.32 Å². The third kappa shape index (κ3) is 4.31. The molecule has 1 aliphatic heterocycles. The predicted octanol–water partition coefficient (Wildman–Crippen LogP) is 1.42. The van der Waals surface area contributed by atoms with Gasteiger partial charge in [0.15, 0.2) is 6.29 Å². The molecule has 0 aromatic heterocycles. The highest BCUT2D eigenvalue weighted by Gasteiger charge is 2.38. The van der Waals surface area contributed by atoms with Gasteiger partial charge in [-0.05, 0) is 17.7 Å². The van der Waals surface area contributed by atoms with Crippen molar-refractivity contribution >= 4 is 29.2 Å². The van der Waals surface area contributed by atoms with Crippen LogP contribution in [-0.4, -0.2) is 58.4 Å². The minimum Gasteiger partial charge on any atom is -0.468 e. The van der Waals surface area contributed by atoms with Gasteiger partial charge in [-0.15, -0.1) is 0 Å². The molecule has 0 saturated heterocycles. The zero-order chi connectivity index (χ0) is 19.2. The third-order valence-corrected chi connectivity index (χ3v) is 3.80. The van der Waals surface area contributed by atoms with Crippen LogP contribution in [0.15, 0.2) is 34.3 Å². The number of carbonyl (C=O) groups excluding carboxylic acids is 1. The molecular formula is C16H20ClN3O6. The van der Waals surface area contributed by atoms with Crippen molar-refractivity contribution < 1.29 is 28.5 Å². The first-order valence-electron chi connectivity index (χ1n) is 7.52. The molecule has 1 aliphatic rings. The summed E-state index contributed by atoms with van der Waals surface area (Å²) in [5.41, 5.74) is 0.449. The summed E-state index contributed by atoms with van der Waals surface area (Å²) in [4.78, 5) is 20.4. The van der Waals surface area contributed by atoms with Gasteiger partial charge in [0, 0.05) is 26.9 Å². The molecule has 0 fully saturated rings. The lowest BCUT2D eigenvalue weighted by atomic mass is 9.97. The number of halogens is 1. The normalized spacial score (nSPS) is 20.3. The van der Waals surface area contributed by atoms with E-state index >= 15 is 0 Å². The van der Waals surface area contributed by atoms with E-state index in [-0.39, 0.29) is 11.0 Å². The van der Waals surface area contributed by atoms with Gasteiger partial charge in [0.25, 0.3) is 0 Å². The topological polar surface area (TPSA) is 100.0 Å². The number of methoxy groups -OCH3 is 4. The third-order valence-electron chi connectivity index (χ3n) is 3.61. The zero-order valence-electron chi connectivity index (χ0n) is 14.8. The number of nitrogens with zero attached hydrogens (tertiary/aromatic N) is 2. The van der Waals surface area contributed by atoms with Crippen LogP contribution in [0.5, 0.6) is 5.75 Å². The molecule has 0 radical (unpaired) electrons. The van der Waals surface area contributed by atoms with Gasteiger partial charge < -0.3 is 29.0 Å². The molecule has 1 aromatic carbocycles. The molecule has 2 rings (SSSR count). The molecule has 0 amide bonds. The molecule has 0 saturated carbocycles. The van der Waals surface area contributed by atoms with Gasteiger partial charge in [0.2, 0.25) is 5.29 Å². The van der Waals surface area contributed by atoms with Gasteiger partial charge >= 0.3 is 12.0 Å². The lowest BCUT2D eigenvalue weighted by molar-refractivity contribution is -0.166. The maximum absolute atomic E-state index is 12.4. The number of nitrogens with one attached hydrogen (secondary N) is 1. The van der Waals surface area contributed by atoms with E-state index in [1.165, 1.54) is 34.8 Å². The number of benzene rings is 1. The fourth-order valence-corrected chi connectivity index (χ4v) is 2.55. The lowest BCUT2D eigenvalue weighted by Crippen LogP contribution is -2.41. The molecule has 0 aliphatic carbocycles. The van der Waals surface area contributed by atoms with Crippen molar-refractivity contribution in [3.63, 3.8) is 0 Å². The Balaban J connectivity index is 2.47. The number of hydrogen-bond donors (Lipinski definition) is 1. The Kier molecular flexibility index (Phi) is 6.92. The number of para-hydroxylation sites is 1. The first-order valence-corrected chi connectivity index (χ1v) is 7.90. The van der Waals surface area contributed by atoms with E-state index in [0.29, 0.717) is 5.56 Å². The van der Waals surface area contributed by atoms with Crippen molar-refractivity contribution in [3.8, 4) is 5.75 Å². The number of carbonyl (C=O) groups is 1. The Labute approximate surface area is 155 Å². The predicted molar refractivity (Wildman–Crippen MR) is 94.3 cm³/mol. The Bertz CT molecular complexity index is 694. The number of esters is 1. The van der Waals surface area contributed by atoms with E-state index in [9.17, 15) is 4.79 Å². The smallest absolute Gasteiger partial charge is 0.428 e. The van der Waals surface area contributed by atoms with Crippen molar-refractivity contribution in [2.75, 3.05) is 28.4 Å². The van der Waals surface area contributed by atoms with E-state index in [4.69, 9.17) is 35.3 Å². The molecule has 142 valence electrons. The highest BCUT2D eigenvalue weighted by atomic mass is 35.5. The molecule has 0 spiro atoms. The van der Waals surface area contributed by atoms with Crippen LogP contribution in [0.4, 0.5) is 0 Å². The maximum Gasteiger partial charge on any atom is 0.428 e. The summed E-state index contributed by atoms with van der Waals surface area (Å²) in [6, 6.07) is 5.05.